The lowest BCUT2D eigenvalue weighted by Crippen LogP contribution is -2.29. The molecule has 5 heteroatoms. The summed E-state index contributed by atoms with van der Waals surface area (Å²) in [7, 11) is 0. The summed E-state index contributed by atoms with van der Waals surface area (Å²) in [4.78, 5) is 23.0. The Kier molecular flexibility index (Phi) is 5.42. The summed E-state index contributed by atoms with van der Waals surface area (Å²) in [6, 6.07) is 5.05. The number of anilines is 2. The van der Waals surface area contributed by atoms with Crippen molar-refractivity contribution in [2.24, 2.45) is 0 Å². The molecule has 0 aromatic heterocycles. The molecule has 0 aliphatic carbocycles. The SMILES string of the molecule is CC#CC(=O)Nc1cccc(C)c1NC(=O)NCC. The summed E-state index contributed by atoms with van der Waals surface area (Å²) in [6.45, 7) is 5.80. The molecular formula is C14H17N3O2. The van der Waals surface area contributed by atoms with Crippen molar-refractivity contribution in [1.29, 1.82) is 0 Å². The molecule has 5 nitrogen and oxygen atoms in total. The number of rotatable bonds is 3. The predicted octanol–water partition coefficient (Wildman–Crippen LogP) is 2.10. The van der Waals surface area contributed by atoms with Crippen molar-refractivity contribution in [3.8, 4) is 11.8 Å². The maximum Gasteiger partial charge on any atom is 0.319 e. The Hall–Kier alpha value is -2.48. The first-order chi connectivity index (χ1) is 9.08. The molecule has 3 amide bonds. The van der Waals surface area contributed by atoms with Crippen molar-refractivity contribution in [2.75, 3.05) is 17.2 Å². The number of para-hydroxylation sites is 1. The molecule has 1 aromatic rings. The lowest BCUT2D eigenvalue weighted by atomic mass is 10.1. The van der Waals surface area contributed by atoms with E-state index in [0.29, 0.717) is 17.9 Å². The third kappa shape index (κ3) is 4.36. The van der Waals surface area contributed by atoms with Gasteiger partial charge in [-0.05, 0) is 38.3 Å². The molecule has 1 aromatic carbocycles. The molecule has 0 fully saturated rings. The Morgan fingerprint density at radius 2 is 2.00 bits per heavy atom. The predicted molar refractivity (Wildman–Crippen MR) is 76.0 cm³/mol. The molecule has 0 saturated heterocycles. The minimum Gasteiger partial charge on any atom is -0.338 e. The average Bonchev–Trinajstić information content (AvgIpc) is 2.34. The molecule has 0 saturated carbocycles. The molecule has 0 unspecified atom stereocenters. The van der Waals surface area contributed by atoms with Gasteiger partial charge in [0.15, 0.2) is 0 Å². The Balaban J connectivity index is 2.97. The summed E-state index contributed by atoms with van der Waals surface area (Å²) in [5, 5.41) is 8.00. The van der Waals surface area contributed by atoms with Crippen LogP contribution in [0.25, 0.3) is 0 Å². The number of amides is 3. The first-order valence-corrected chi connectivity index (χ1v) is 5.96. The fourth-order valence-electron chi connectivity index (χ4n) is 1.52. The summed E-state index contributed by atoms with van der Waals surface area (Å²) >= 11 is 0. The molecule has 0 atom stereocenters. The zero-order valence-corrected chi connectivity index (χ0v) is 11.3. The van der Waals surface area contributed by atoms with Crippen molar-refractivity contribution in [2.45, 2.75) is 20.8 Å². The van der Waals surface area contributed by atoms with Crippen LogP contribution in [0.5, 0.6) is 0 Å². The van der Waals surface area contributed by atoms with Gasteiger partial charge in [-0.15, -0.1) is 0 Å². The van der Waals surface area contributed by atoms with Crippen molar-refractivity contribution in [3.05, 3.63) is 23.8 Å². The van der Waals surface area contributed by atoms with E-state index in [4.69, 9.17) is 0 Å². The topological polar surface area (TPSA) is 70.2 Å². The highest BCUT2D eigenvalue weighted by Crippen LogP contribution is 2.25. The van der Waals surface area contributed by atoms with Crippen LogP contribution in [0.3, 0.4) is 0 Å². The molecule has 1 rings (SSSR count). The smallest absolute Gasteiger partial charge is 0.319 e. The molecule has 0 aliphatic heterocycles. The van der Waals surface area contributed by atoms with Crippen molar-refractivity contribution >= 4 is 23.3 Å². The number of urea groups is 1. The quantitative estimate of drug-likeness (QED) is 0.727. The number of carbonyl (C=O) groups excluding carboxylic acids is 2. The van der Waals surface area contributed by atoms with Gasteiger partial charge >= 0.3 is 6.03 Å². The average molecular weight is 259 g/mol. The highest BCUT2D eigenvalue weighted by atomic mass is 16.2. The number of hydrogen-bond donors (Lipinski definition) is 3. The maximum absolute atomic E-state index is 11.6. The van der Waals surface area contributed by atoms with E-state index in [1.165, 1.54) is 0 Å². The summed E-state index contributed by atoms with van der Waals surface area (Å²) in [6.07, 6.45) is 0. The van der Waals surface area contributed by atoms with Gasteiger partial charge in [-0.25, -0.2) is 4.79 Å². The Morgan fingerprint density at radius 3 is 2.63 bits per heavy atom. The van der Waals surface area contributed by atoms with Gasteiger partial charge in [0, 0.05) is 6.54 Å². The first-order valence-electron chi connectivity index (χ1n) is 5.96. The van der Waals surface area contributed by atoms with Gasteiger partial charge < -0.3 is 16.0 Å². The van der Waals surface area contributed by atoms with E-state index in [2.05, 4.69) is 27.8 Å². The van der Waals surface area contributed by atoms with E-state index in [0.717, 1.165) is 5.56 Å². The van der Waals surface area contributed by atoms with Gasteiger partial charge in [-0.2, -0.15) is 0 Å². The summed E-state index contributed by atoms with van der Waals surface area (Å²) < 4.78 is 0. The van der Waals surface area contributed by atoms with Gasteiger partial charge in [-0.3, -0.25) is 4.79 Å². The van der Waals surface area contributed by atoms with Crippen LogP contribution in [0.1, 0.15) is 19.4 Å². The van der Waals surface area contributed by atoms with Crippen molar-refractivity contribution < 1.29 is 9.59 Å². The van der Waals surface area contributed by atoms with Crippen LogP contribution in [-0.4, -0.2) is 18.5 Å². The zero-order chi connectivity index (χ0) is 14.3. The number of hydrogen-bond acceptors (Lipinski definition) is 2. The van der Waals surface area contributed by atoms with Gasteiger partial charge in [0.05, 0.1) is 11.4 Å². The number of carbonyl (C=O) groups is 2. The minimum atomic E-state index is -0.410. The second-order valence-electron chi connectivity index (χ2n) is 3.81. The Morgan fingerprint density at radius 1 is 1.26 bits per heavy atom. The Labute approximate surface area is 112 Å². The third-order valence-corrected chi connectivity index (χ3v) is 2.34. The van der Waals surface area contributed by atoms with Crippen LogP contribution < -0.4 is 16.0 Å². The summed E-state index contributed by atoms with van der Waals surface area (Å²) in [5.41, 5.74) is 1.95. The van der Waals surface area contributed by atoms with Gasteiger partial charge in [-0.1, -0.05) is 18.1 Å². The van der Waals surface area contributed by atoms with Gasteiger partial charge in [0.1, 0.15) is 0 Å². The van der Waals surface area contributed by atoms with Crippen LogP contribution in [0.4, 0.5) is 16.2 Å². The minimum absolute atomic E-state index is 0.311. The summed E-state index contributed by atoms with van der Waals surface area (Å²) in [5.74, 6) is 4.50. The maximum atomic E-state index is 11.6. The third-order valence-electron chi connectivity index (χ3n) is 2.34. The highest BCUT2D eigenvalue weighted by molar-refractivity contribution is 6.07. The second-order valence-corrected chi connectivity index (χ2v) is 3.81. The molecule has 100 valence electrons. The number of benzene rings is 1. The van der Waals surface area contributed by atoms with Gasteiger partial charge in [0.25, 0.3) is 5.91 Å². The molecule has 0 aliphatic rings. The number of aryl methyl sites for hydroxylation is 1. The van der Waals surface area contributed by atoms with Crippen molar-refractivity contribution in [3.63, 3.8) is 0 Å². The molecule has 3 N–H and O–H groups in total. The fraction of sp³-hybridized carbons (Fsp3) is 0.286. The van der Waals surface area contributed by atoms with E-state index in [-0.39, 0.29) is 6.03 Å². The molecule has 0 heterocycles. The van der Waals surface area contributed by atoms with Crippen LogP contribution in [0.15, 0.2) is 18.2 Å². The lowest BCUT2D eigenvalue weighted by Gasteiger charge is -2.13. The van der Waals surface area contributed by atoms with E-state index < -0.39 is 5.91 Å². The highest BCUT2D eigenvalue weighted by Gasteiger charge is 2.10. The van der Waals surface area contributed by atoms with E-state index in [9.17, 15) is 9.59 Å². The monoisotopic (exact) mass is 259 g/mol. The fourth-order valence-corrected chi connectivity index (χ4v) is 1.52. The van der Waals surface area contributed by atoms with E-state index >= 15 is 0 Å². The molecule has 0 bridgehead atoms. The standard InChI is InChI=1S/C14H17N3O2/c1-4-7-12(18)16-11-9-6-8-10(3)13(11)17-14(19)15-5-2/h6,8-9H,5H2,1-3H3,(H,16,18)(H2,15,17,19). The molecule has 0 radical (unpaired) electrons. The second kappa shape index (κ2) is 7.07. The van der Waals surface area contributed by atoms with Crippen molar-refractivity contribution in [1.82, 2.24) is 5.32 Å². The van der Waals surface area contributed by atoms with E-state index in [1.807, 2.05) is 19.9 Å². The Bertz CT molecular complexity index is 541. The van der Waals surface area contributed by atoms with Crippen LogP contribution in [0, 0.1) is 18.8 Å². The molecular weight excluding hydrogens is 242 g/mol. The largest absolute Gasteiger partial charge is 0.338 e. The van der Waals surface area contributed by atoms with E-state index in [1.54, 1.807) is 19.1 Å². The van der Waals surface area contributed by atoms with Crippen LogP contribution in [0.2, 0.25) is 0 Å². The van der Waals surface area contributed by atoms with Crippen LogP contribution in [-0.2, 0) is 4.79 Å². The number of nitrogens with one attached hydrogen (secondary N) is 3. The lowest BCUT2D eigenvalue weighted by molar-refractivity contribution is -0.111. The molecule has 0 spiro atoms. The molecule has 19 heavy (non-hydrogen) atoms. The first kappa shape index (κ1) is 14.6. The van der Waals surface area contributed by atoms with Gasteiger partial charge in [0.2, 0.25) is 0 Å². The van der Waals surface area contributed by atoms with Crippen LogP contribution >= 0.6 is 0 Å². The zero-order valence-electron chi connectivity index (χ0n) is 11.3. The normalized spacial score (nSPS) is 9.00.